The molecule has 0 aromatic rings. The molecule has 0 saturated carbocycles. The molecule has 0 aliphatic heterocycles. The van der Waals surface area contributed by atoms with Crippen molar-refractivity contribution in [2.45, 2.75) is 51.0 Å². The Morgan fingerprint density at radius 1 is 1.00 bits per heavy atom. The summed E-state index contributed by atoms with van der Waals surface area (Å²) in [5.41, 5.74) is 0. The Hall–Kier alpha value is -0.830. The third-order valence-electron chi connectivity index (χ3n) is 2.77. The molecule has 7 nitrogen and oxygen atoms in total. The molecule has 2 atom stereocenters. The fourth-order valence-electron chi connectivity index (χ4n) is 1.57. The minimum atomic E-state index is -1.82. The van der Waals surface area contributed by atoms with Gasteiger partial charge in [0.05, 0.1) is 0 Å². The third kappa shape index (κ3) is 5.28. The lowest BCUT2D eigenvalue weighted by atomic mass is 10.4. The third-order valence-corrected chi connectivity index (χ3v) is 4.57. The maximum absolute atomic E-state index is 12.1. The minimum Gasteiger partial charge on any atom is -0.615 e. The number of carbonyl (C=O) groups excluding carboxylic acids is 2. The van der Waals surface area contributed by atoms with E-state index in [9.17, 15) is 24.6 Å². The number of amides is 2. The summed E-state index contributed by atoms with van der Waals surface area (Å²) in [5.74, 6) is -1.38. The highest BCUT2D eigenvalue weighted by Crippen LogP contribution is 2.14. The first-order valence-corrected chi connectivity index (χ1v) is 7.95. The molecule has 8 heteroatoms. The van der Waals surface area contributed by atoms with Crippen molar-refractivity contribution in [1.29, 1.82) is 0 Å². The van der Waals surface area contributed by atoms with E-state index in [-0.39, 0.29) is 13.1 Å². The van der Waals surface area contributed by atoms with Gasteiger partial charge in [-0.15, -0.1) is 0 Å². The van der Waals surface area contributed by atoms with Crippen LogP contribution >= 0.6 is 0 Å². The van der Waals surface area contributed by atoms with Gasteiger partial charge in [-0.3, -0.25) is 20.0 Å². The number of rotatable bonds is 8. The van der Waals surface area contributed by atoms with E-state index < -0.39 is 33.5 Å². The minimum absolute atomic E-state index is 0.144. The average Bonchev–Trinajstić information content (AvgIpc) is 2.43. The van der Waals surface area contributed by atoms with Crippen LogP contribution in [0, 0.1) is 0 Å². The quantitative estimate of drug-likeness (QED) is 0.391. The van der Waals surface area contributed by atoms with Crippen molar-refractivity contribution in [2.24, 2.45) is 0 Å². The lowest BCUT2D eigenvalue weighted by Crippen LogP contribution is -2.48. The van der Waals surface area contributed by atoms with Crippen LogP contribution < -0.4 is 0 Å². The Bertz CT molecular complexity index is 299. The lowest BCUT2D eigenvalue weighted by molar-refractivity contribution is -0.165. The number of hydroxylamine groups is 4. The van der Waals surface area contributed by atoms with E-state index in [0.717, 1.165) is 0 Å². The second-order valence-electron chi connectivity index (χ2n) is 4.54. The topological polar surface area (TPSA) is 104 Å². The number of hydrogen-bond donors (Lipinski definition) is 2. The monoisotopic (exact) mass is 308 g/mol. The maximum Gasteiger partial charge on any atom is 0.298 e. The van der Waals surface area contributed by atoms with E-state index in [1.165, 1.54) is 13.8 Å². The molecule has 0 aliphatic rings. The zero-order chi connectivity index (χ0) is 15.9. The Morgan fingerprint density at radius 2 is 1.30 bits per heavy atom. The summed E-state index contributed by atoms with van der Waals surface area (Å²) >= 11 is -1.82. The fraction of sp³-hybridized carbons (Fsp3) is 0.833. The van der Waals surface area contributed by atoms with Crippen LogP contribution in [0.4, 0.5) is 0 Å². The summed E-state index contributed by atoms with van der Waals surface area (Å²) in [4.78, 5) is 23.6. The molecule has 2 amide bonds. The molecule has 118 valence electrons. The average molecular weight is 308 g/mol. The molecule has 0 radical (unpaired) electrons. The molecule has 0 heterocycles. The summed E-state index contributed by atoms with van der Waals surface area (Å²) in [6.45, 7) is 6.65. The van der Waals surface area contributed by atoms with Crippen LogP contribution in [0.1, 0.15) is 40.5 Å². The number of hydrogen-bond acceptors (Lipinski definition) is 5. The molecule has 0 fully saturated rings. The van der Waals surface area contributed by atoms with Crippen LogP contribution in [-0.2, 0) is 20.8 Å². The van der Waals surface area contributed by atoms with Crippen molar-refractivity contribution in [3.63, 3.8) is 0 Å². The summed E-state index contributed by atoms with van der Waals surface area (Å²) in [7, 11) is 0. The Balaban J connectivity index is 4.67. The SMILES string of the molecule is CCCN(O)C(=O)[C@H](C)[S+]([O-])[C@@H](C)C(=O)N(O)CCC. The van der Waals surface area contributed by atoms with Gasteiger partial charge in [-0.25, -0.2) is 10.1 Å². The zero-order valence-corrected chi connectivity index (χ0v) is 13.2. The highest BCUT2D eigenvalue weighted by atomic mass is 32.2. The molecule has 0 unspecified atom stereocenters. The van der Waals surface area contributed by atoms with E-state index >= 15 is 0 Å². The van der Waals surface area contributed by atoms with Crippen LogP contribution in [-0.4, -0.2) is 60.5 Å². The van der Waals surface area contributed by atoms with Crippen molar-refractivity contribution >= 4 is 23.0 Å². The molecule has 0 aromatic carbocycles. The van der Waals surface area contributed by atoms with Crippen LogP contribution in [0.25, 0.3) is 0 Å². The first-order chi connectivity index (χ1) is 9.27. The molecular formula is C12H24N2O5S. The van der Waals surface area contributed by atoms with Crippen LogP contribution in [0.15, 0.2) is 0 Å². The van der Waals surface area contributed by atoms with Gasteiger partial charge in [0.2, 0.25) is 0 Å². The lowest BCUT2D eigenvalue weighted by Gasteiger charge is -2.26. The second-order valence-corrected chi connectivity index (χ2v) is 6.61. The molecule has 0 spiro atoms. The van der Waals surface area contributed by atoms with Gasteiger partial charge in [0.1, 0.15) is 0 Å². The number of nitrogens with zero attached hydrogens (tertiary/aromatic N) is 2. The predicted octanol–water partition coefficient (Wildman–Crippen LogP) is 0.768. The summed E-state index contributed by atoms with van der Waals surface area (Å²) in [5, 5.41) is 17.9. The first kappa shape index (κ1) is 19.2. The van der Waals surface area contributed by atoms with Crippen molar-refractivity contribution in [2.75, 3.05) is 13.1 Å². The van der Waals surface area contributed by atoms with Gasteiger partial charge < -0.3 is 4.55 Å². The van der Waals surface area contributed by atoms with Gasteiger partial charge in [-0.05, 0) is 37.9 Å². The molecule has 0 bridgehead atoms. The van der Waals surface area contributed by atoms with Crippen molar-refractivity contribution < 1.29 is 24.6 Å². The highest BCUT2D eigenvalue weighted by Gasteiger charge is 2.38. The molecule has 0 rings (SSSR count). The van der Waals surface area contributed by atoms with Gasteiger partial charge in [0, 0.05) is 13.1 Å². The van der Waals surface area contributed by atoms with Crippen molar-refractivity contribution in [3.05, 3.63) is 0 Å². The van der Waals surface area contributed by atoms with Gasteiger partial charge in [0.25, 0.3) is 11.8 Å². The van der Waals surface area contributed by atoms with E-state index in [0.29, 0.717) is 23.0 Å². The van der Waals surface area contributed by atoms with Gasteiger partial charge >= 0.3 is 0 Å². The van der Waals surface area contributed by atoms with E-state index in [2.05, 4.69) is 0 Å². The largest absolute Gasteiger partial charge is 0.615 e. The normalized spacial score (nSPS) is 14.0. The van der Waals surface area contributed by atoms with E-state index in [4.69, 9.17) is 0 Å². The first-order valence-electron chi connectivity index (χ1n) is 6.67. The van der Waals surface area contributed by atoms with E-state index in [1.807, 2.05) is 0 Å². The van der Waals surface area contributed by atoms with Gasteiger partial charge in [-0.2, -0.15) is 0 Å². The molecule has 20 heavy (non-hydrogen) atoms. The molecule has 0 aromatic heterocycles. The van der Waals surface area contributed by atoms with Crippen LogP contribution in [0.3, 0.4) is 0 Å². The summed E-state index contributed by atoms with van der Waals surface area (Å²) in [6, 6.07) is 0. The van der Waals surface area contributed by atoms with Gasteiger partial charge in [-0.1, -0.05) is 13.8 Å². The smallest absolute Gasteiger partial charge is 0.298 e. The van der Waals surface area contributed by atoms with Crippen molar-refractivity contribution in [3.8, 4) is 0 Å². The predicted molar refractivity (Wildman–Crippen MR) is 74.6 cm³/mol. The number of carbonyl (C=O) groups is 2. The highest BCUT2D eigenvalue weighted by molar-refractivity contribution is 7.94. The Labute approximate surface area is 122 Å². The zero-order valence-electron chi connectivity index (χ0n) is 12.4. The van der Waals surface area contributed by atoms with Crippen LogP contribution in [0.5, 0.6) is 0 Å². The van der Waals surface area contributed by atoms with Crippen molar-refractivity contribution in [1.82, 2.24) is 10.1 Å². The summed E-state index contributed by atoms with van der Waals surface area (Å²) in [6.07, 6.45) is 1.13. The standard InChI is InChI=1S/C12H24N2O5S/c1-5-7-13(17)11(15)9(3)20(19)10(4)12(16)14(18)8-6-2/h9-10,17-18H,5-8H2,1-4H3/t9-,10-/m0/s1. The molecule has 2 N–H and O–H groups in total. The fourth-order valence-corrected chi connectivity index (χ4v) is 2.82. The van der Waals surface area contributed by atoms with Gasteiger partial charge in [0.15, 0.2) is 10.5 Å². The molecular weight excluding hydrogens is 284 g/mol. The summed E-state index contributed by atoms with van der Waals surface area (Å²) < 4.78 is 12.1. The Kier molecular flexibility index (Phi) is 8.79. The Morgan fingerprint density at radius 3 is 1.55 bits per heavy atom. The molecule has 0 saturated heterocycles. The second kappa shape index (κ2) is 9.17. The van der Waals surface area contributed by atoms with E-state index in [1.54, 1.807) is 13.8 Å². The maximum atomic E-state index is 12.1. The molecule has 0 aliphatic carbocycles. The van der Waals surface area contributed by atoms with Crippen LogP contribution in [0.2, 0.25) is 0 Å².